The van der Waals surface area contributed by atoms with Crippen LogP contribution < -0.4 is 11.1 Å². The summed E-state index contributed by atoms with van der Waals surface area (Å²) in [5.74, 6) is -0.0385. The molecule has 6 nitrogen and oxygen atoms in total. The molecule has 0 radical (unpaired) electrons. The Morgan fingerprint density at radius 2 is 2.00 bits per heavy atom. The van der Waals surface area contributed by atoms with Crippen molar-refractivity contribution in [1.29, 1.82) is 0 Å². The average molecular weight is 295 g/mol. The smallest absolute Gasteiger partial charge is 0.254 e. The van der Waals surface area contributed by atoms with Gasteiger partial charge in [-0.3, -0.25) is 4.79 Å². The van der Waals surface area contributed by atoms with Gasteiger partial charge in [0, 0.05) is 35.5 Å². The van der Waals surface area contributed by atoms with Crippen LogP contribution >= 0.6 is 0 Å². The third-order valence-corrected chi connectivity index (χ3v) is 3.62. The number of aromatic amines is 1. The van der Waals surface area contributed by atoms with Crippen molar-refractivity contribution in [1.82, 2.24) is 20.3 Å². The molecule has 0 atom stereocenters. The largest absolute Gasteiger partial charge is 0.368 e. The molecule has 0 saturated heterocycles. The van der Waals surface area contributed by atoms with E-state index in [9.17, 15) is 4.79 Å². The molecule has 22 heavy (non-hydrogen) atoms. The number of nitrogens with two attached hydrogens (primary N) is 1. The van der Waals surface area contributed by atoms with E-state index in [1.807, 2.05) is 19.1 Å². The van der Waals surface area contributed by atoms with Gasteiger partial charge in [-0.2, -0.15) is 0 Å². The van der Waals surface area contributed by atoms with Crippen molar-refractivity contribution in [3.05, 3.63) is 53.5 Å². The van der Waals surface area contributed by atoms with Crippen molar-refractivity contribution >= 4 is 22.8 Å². The van der Waals surface area contributed by atoms with Gasteiger partial charge in [-0.05, 0) is 25.0 Å². The number of hydrogen-bond acceptors (Lipinski definition) is 4. The summed E-state index contributed by atoms with van der Waals surface area (Å²) in [4.78, 5) is 23.0. The molecule has 2 heterocycles. The molecule has 1 amide bonds. The second-order valence-electron chi connectivity index (χ2n) is 5.11. The highest BCUT2D eigenvalue weighted by Crippen LogP contribution is 2.21. The van der Waals surface area contributed by atoms with Crippen molar-refractivity contribution in [3.63, 3.8) is 0 Å². The fraction of sp³-hybridized carbons (Fsp3) is 0.188. The van der Waals surface area contributed by atoms with Crippen LogP contribution in [0.2, 0.25) is 0 Å². The predicted molar refractivity (Wildman–Crippen MR) is 85.5 cm³/mol. The molecule has 0 aliphatic rings. The number of aromatic nitrogens is 3. The highest BCUT2D eigenvalue weighted by atomic mass is 16.1. The molecule has 1 aromatic carbocycles. The van der Waals surface area contributed by atoms with Crippen LogP contribution in [0.15, 0.2) is 36.7 Å². The summed E-state index contributed by atoms with van der Waals surface area (Å²) in [5, 5.41) is 4.07. The molecular weight excluding hydrogens is 278 g/mol. The molecule has 0 fully saturated rings. The Bertz CT molecular complexity index is 807. The lowest BCUT2D eigenvalue weighted by Crippen LogP contribution is -2.26. The van der Waals surface area contributed by atoms with Gasteiger partial charge in [0.2, 0.25) is 5.95 Å². The number of fused-ring (bicyclic) bond motifs is 1. The highest BCUT2D eigenvalue weighted by molar-refractivity contribution is 5.93. The van der Waals surface area contributed by atoms with Gasteiger partial charge in [-0.1, -0.05) is 18.2 Å². The molecule has 112 valence electrons. The van der Waals surface area contributed by atoms with Crippen LogP contribution in [0.3, 0.4) is 0 Å². The second kappa shape index (κ2) is 5.85. The summed E-state index contributed by atoms with van der Waals surface area (Å²) >= 11 is 0. The first-order valence-corrected chi connectivity index (χ1v) is 7.07. The number of carbonyl (C=O) groups excluding carboxylic acids is 1. The number of hydrogen-bond donors (Lipinski definition) is 3. The molecular formula is C16H17N5O. The Balaban J connectivity index is 1.66. The Labute approximate surface area is 127 Å². The van der Waals surface area contributed by atoms with E-state index >= 15 is 0 Å². The predicted octanol–water partition coefficient (Wildman–Crippen LogP) is 1.82. The molecule has 4 N–H and O–H groups in total. The fourth-order valence-corrected chi connectivity index (χ4v) is 2.52. The van der Waals surface area contributed by atoms with Gasteiger partial charge in [0.1, 0.15) is 0 Å². The molecule has 2 aromatic heterocycles. The summed E-state index contributed by atoms with van der Waals surface area (Å²) in [5.41, 5.74) is 9.29. The lowest BCUT2D eigenvalue weighted by Gasteiger charge is -2.05. The zero-order valence-corrected chi connectivity index (χ0v) is 12.3. The van der Waals surface area contributed by atoms with Crippen molar-refractivity contribution in [2.75, 3.05) is 12.3 Å². The van der Waals surface area contributed by atoms with Crippen LogP contribution in [-0.4, -0.2) is 27.4 Å². The van der Waals surface area contributed by atoms with E-state index in [1.165, 1.54) is 23.3 Å². The number of nitrogens with one attached hydrogen (secondary N) is 2. The van der Waals surface area contributed by atoms with Crippen LogP contribution in [0.25, 0.3) is 10.9 Å². The number of nitrogen functional groups attached to an aromatic ring is 1. The molecule has 0 aliphatic heterocycles. The van der Waals surface area contributed by atoms with E-state index < -0.39 is 0 Å². The summed E-state index contributed by atoms with van der Waals surface area (Å²) in [7, 11) is 0. The first-order chi connectivity index (χ1) is 10.6. The monoisotopic (exact) mass is 295 g/mol. The summed E-state index contributed by atoms with van der Waals surface area (Å²) < 4.78 is 0. The maximum absolute atomic E-state index is 12.0. The van der Waals surface area contributed by atoms with E-state index in [0.29, 0.717) is 12.1 Å². The van der Waals surface area contributed by atoms with Gasteiger partial charge >= 0.3 is 0 Å². The van der Waals surface area contributed by atoms with Crippen LogP contribution in [0.5, 0.6) is 0 Å². The van der Waals surface area contributed by atoms with Crippen molar-refractivity contribution in [2.45, 2.75) is 13.3 Å². The molecule has 3 aromatic rings. The summed E-state index contributed by atoms with van der Waals surface area (Å²) in [6.45, 7) is 2.59. The van der Waals surface area contributed by atoms with Crippen LogP contribution in [0, 0.1) is 6.92 Å². The van der Waals surface area contributed by atoms with Crippen molar-refractivity contribution in [2.24, 2.45) is 0 Å². The van der Waals surface area contributed by atoms with Gasteiger partial charge in [-0.15, -0.1) is 0 Å². The minimum Gasteiger partial charge on any atom is -0.368 e. The first-order valence-electron chi connectivity index (χ1n) is 7.07. The third-order valence-electron chi connectivity index (χ3n) is 3.62. The quantitative estimate of drug-likeness (QED) is 0.684. The molecule has 3 rings (SSSR count). The van der Waals surface area contributed by atoms with Gasteiger partial charge in [0.25, 0.3) is 5.91 Å². The fourth-order valence-electron chi connectivity index (χ4n) is 2.52. The number of anilines is 1. The van der Waals surface area contributed by atoms with Gasteiger partial charge in [-0.25, -0.2) is 9.97 Å². The topological polar surface area (TPSA) is 96.7 Å². The molecule has 0 aliphatic carbocycles. The normalized spacial score (nSPS) is 10.8. The number of rotatable bonds is 4. The van der Waals surface area contributed by atoms with E-state index in [-0.39, 0.29) is 11.9 Å². The van der Waals surface area contributed by atoms with Gasteiger partial charge < -0.3 is 16.0 Å². The zero-order valence-electron chi connectivity index (χ0n) is 12.3. The first kappa shape index (κ1) is 14.1. The number of nitrogens with zero attached hydrogens (tertiary/aromatic N) is 2. The number of amides is 1. The lowest BCUT2D eigenvalue weighted by molar-refractivity contribution is 0.0953. The maximum atomic E-state index is 12.0. The number of para-hydroxylation sites is 1. The number of benzene rings is 1. The molecule has 0 spiro atoms. The van der Waals surface area contributed by atoms with Crippen LogP contribution in [-0.2, 0) is 6.42 Å². The maximum Gasteiger partial charge on any atom is 0.254 e. The lowest BCUT2D eigenvalue weighted by atomic mass is 10.1. The number of aryl methyl sites for hydroxylation is 1. The van der Waals surface area contributed by atoms with Crippen molar-refractivity contribution < 1.29 is 4.79 Å². The number of carbonyl (C=O) groups is 1. The van der Waals surface area contributed by atoms with Gasteiger partial charge in [0.05, 0.1) is 5.56 Å². The minimum atomic E-state index is -0.197. The Kier molecular flexibility index (Phi) is 3.74. The van der Waals surface area contributed by atoms with E-state index in [2.05, 4.69) is 32.4 Å². The molecule has 0 saturated carbocycles. The number of H-pyrrole nitrogens is 1. The van der Waals surface area contributed by atoms with Crippen LogP contribution in [0.1, 0.15) is 21.6 Å². The Morgan fingerprint density at radius 1 is 1.27 bits per heavy atom. The molecule has 0 bridgehead atoms. The van der Waals surface area contributed by atoms with Crippen molar-refractivity contribution in [3.8, 4) is 0 Å². The molecule has 6 heteroatoms. The SMILES string of the molecule is Cc1[nH]c2ccccc2c1CCNC(=O)c1cnc(N)nc1. The summed E-state index contributed by atoms with van der Waals surface area (Å²) in [6, 6.07) is 8.16. The van der Waals surface area contributed by atoms with Gasteiger partial charge in [0.15, 0.2) is 0 Å². The highest BCUT2D eigenvalue weighted by Gasteiger charge is 2.09. The average Bonchev–Trinajstić information content (AvgIpc) is 2.84. The Hall–Kier alpha value is -2.89. The summed E-state index contributed by atoms with van der Waals surface area (Å²) in [6.07, 6.45) is 3.61. The Morgan fingerprint density at radius 3 is 2.77 bits per heavy atom. The zero-order chi connectivity index (χ0) is 15.5. The van der Waals surface area contributed by atoms with E-state index in [1.54, 1.807) is 0 Å². The molecule has 0 unspecified atom stereocenters. The van der Waals surface area contributed by atoms with E-state index in [4.69, 9.17) is 5.73 Å². The second-order valence-corrected chi connectivity index (χ2v) is 5.11. The van der Waals surface area contributed by atoms with E-state index in [0.717, 1.165) is 17.6 Å². The third kappa shape index (κ3) is 2.76. The minimum absolute atomic E-state index is 0.158. The van der Waals surface area contributed by atoms with Crippen LogP contribution in [0.4, 0.5) is 5.95 Å². The standard InChI is InChI=1S/C16H17N5O/c1-10-12(13-4-2-3-5-14(13)21-10)6-7-18-15(22)11-8-19-16(17)20-9-11/h2-5,8-9,21H,6-7H2,1H3,(H,18,22)(H2,17,19,20).